The van der Waals surface area contributed by atoms with Crippen molar-refractivity contribution in [1.82, 2.24) is 4.90 Å². The third-order valence-corrected chi connectivity index (χ3v) is 7.64. The number of rotatable bonds is 4. The molecule has 1 N–H and O–H groups in total. The number of benzene rings is 2. The first-order valence-corrected chi connectivity index (χ1v) is 11.7. The highest BCUT2D eigenvalue weighted by atomic mass is 16.4. The Labute approximate surface area is 189 Å². The summed E-state index contributed by atoms with van der Waals surface area (Å²) in [6, 6.07) is 14.1. The zero-order valence-corrected chi connectivity index (χ0v) is 19.6. The van der Waals surface area contributed by atoms with Gasteiger partial charge in [0.2, 0.25) is 0 Å². The molecule has 32 heavy (non-hydrogen) atoms. The van der Waals surface area contributed by atoms with E-state index < -0.39 is 0 Å². The van der Waals surface area contributed by atoms with Gasteiger partial charge in [-0.05, 0) is 60.3 Å². The average Bonchev–Trinajstić information content (AvgIpc) is 2.96. The van der Waals surface area contributed by atoms with Crippen LogP contribution in [0.5, 0.6) is 5.75 Å². The minimum atomic E-state index is -0.307. The topological polar surface area (TPSA) is 53.7 Å². The van der Waals surface area contributed by atoms with Crippen molar-refractivity contribution in [3.05, 3.63) is 75.1 Å². The lowest BCUT2D eigenvalue weighted by atomic mass is 9.65. The second kappa shape index (κ2) is 7.48. The van der Waals surface area contributed by atoms with Crippen LogP contribution in [0.25, 0.3) is 11.0 Å². The average molecular weight is 432 g/mol. The molecule has 0 amide bonds. The standard InChI is InChI=1S/C28H33NO3/c1-18-21-10-11-24(30)23(15-29-17-28(4)14-20(29)13-27(2,3)16-28)25(21)32-26(31)22(18)12-19-8-6-5-7-9-19/h5-11,20,30H,12-17H2,1-4H3/t20-,28+/m1/s1. The fourth-order valence-corrected chi connectivity index (χ4v) is 6.62. The van der Waals surface area contributed by atoms with Gasteiger partial charge in [0, 0.05) is 36.5 Å². The number of aryl methyl sites for hydroxylation is 1. The Kier molecular flexibility index (Phi) is 4.97. The second-order valence-corrected chi connectivity index (χ2v) is 11.2. The van der Waals surface area contributed by atoms with Crippen LogP contribution in [-0.2, 0) is 13.0 Å². The zero-order valence-electron chi connectivity index (χ0n) is 19.6. The van der Waals surface area contributed by atoms with Gasteiger partial charge in [-0.2, -0.15) is 0 Å². The molecule has 1 aromatic heterocycles. The monoisotopic (exact) mass is 431 g/mol. The highest BCUT2D eigenvalue weighted by molar-refractivity contribution is 5.85. The van der Waals surface area contributed by atoms with Crippen molar-refractivity contribution in [1.29, 1.82) is 0 Å². The summed E-state index contributed by atoms with van der Waals surface area (Å²) in [6.45, 7) is 10.8. The second-order valence-electron chi connectivity index (χ2n) is 11.2. The van der Waals surface area contributed by atoms with Gasteiger partial charge in [-0.1, -0.05) is 51.1 Å². The van der Waals surface area contributed by atoms with Crippen LogP contribution in [0.1, 0.15) is 62.3 Å². The predicted octanol–water partition coefficient (Wildman–Crippen LogP) is 5.80. The van der Waals surface area contributed by atoms with E-state index in [4.69, 9.17) is 4.42 Å². The van der Waals surface area contributed by atoms with Gasteiger partial charge in [-0.25, -0.2) is 4.79 Å². The maximum absolute atomic E-state index is 13.0. The number of hydrogen-bond acceptors (Lipinski definition) is 4. The molecule has 168 valence electrons. The van der Waals surface area contributed by atoms with E-state index in [0.717, 1.165) is 35.0 Å². The van der Waals surface area contributed by atoms with E-state index >= 15 is 0 Å². The van der Waals surface area contributed by atoms with Crippen LogP contribution in [0, 0.1) is 17.8 Å². The van der Waals surface area contributed by atoms with Crippen LogP contribution in [0.2, 0.25) is 0 Å². The van der Waals surface area contributed by atoms with Gasteiger partial charge in [0.25, 0.3) is 0 Å². The number of likely N-dealkylation sites (tertiary alicyclic amines) is 1. The Morgan fingerprint density at radius 1 is 1.06 bits per heavy atom. The lowest BCUT2D eigenvalue weighted by molar-refractivity contribution is 0.126. The van der Waals surface area contributed by atoms with E-state index in [9.17, 15) is 9.90 Å². The first kappa shape index (κ1) is 21.3. The zero-order chi connectivity index (χ0) is 22.7. The van der Waals surface area contributed by atoms with Gasteiger partial charge in [0.15, 0.2) is 0 Å². The van der Waals surface area contributed by atoms with Crippen LogP contribution in [0.3, 0.4) is 0 Å². The van der Waals surface area contributed by atoms with E-state index in [2.05, 4.69) is 25.7 Å². The fraction of sp³-hybridized carbons (Fsp3) is 0.464. The molecule has 4 nitrogen and oxygen atoms in total. The summed E-state index contributed by atoms with van der Waals surface area (Å²) < 4.78 is 5.90. The Morgan fingerprint density at radius 3 is 2.56 bits per heavy atom. The van der Waals surface area contributed by atoms with Crippen molar-refractivity contribution in [2.24, 2.45) is 10.8 Å². The van der Waals surface area contributed by atoms with Gasteiger partial charge >= 0.3 is 5.63 Å². The van der Waals surface area contributed by atoms with E-state index in [-0.39, 0.29) is 11.4 Å². The molecule has 1 saturated heterocycles. The van der Waals surface area contributed by atoms with E-state index in [1.54, 1.807) is 6.07 Å². The van der Waals surface area contributed by atoms with Crippen molar-refractivity contribution in [2.75, 3.05) is 6.54 Å². The molecule has 2 aliphatic rings. The molecule has 2 fully saturated rings. The largest absolute Gasteiger partial charge is 0.507 e. The Balaban J connectivity index is 1.53. The molecular formula is C28H33NO3. The number of phenols is 1. The summed E-state index contributed by atoms with van der Waals surface area (Å²) in [5.41, 5.74) is 4.33. The third-order valence-electron chi connectivity index (χ3n) is 7.64. The summed E-state index contributed by atoms with van der Waals surface area (Å²) in [7, 11) is 0. The molecule has 0 spiro atoms. The van der Waals surface area contributed by atoms with Crippen molar-refractivity contribution < 1.29 is 9.52 Å². The summed E-state index contributed by atoms with van der Waals surface area (Å²) in [5, 5.41) is 11.7. The van der Waals surface area contributed by atoms with Crippen molar-refractivity contribution in [3.63, 3.8) is 0 Å². The van der Waals surface area contributed by atoms with Crippen LogP contribution in [0.4, 0.5) is 0 Å². The van der Waals surface area contributed by atoms with Crippen LogP contribution >= 0.6 is 0 Å². The third kappa shape index (κ3) is 3.75. The molecule has 4 heteroatoms. The minimum Gasteiger partial charge on any atom is -0.507 e. The number of hydrogen-bond donors (Lipinski definition) is 1. The number of fused-ring (bicyclic) bond motifs is 3. The summed E-state index contributed by atoms with van der Waals surface area (Å²) in [4.78, 5) is 15.5. The molecule has 5 rings (SSSR count). The van der Waals surface area contributed by atoms with E-state index in [1.807, 2.05) is 43.3 Å². The van der Waals surface area contributed by atoms with Gasteiger partial charge in [-0.15, -0.1) is 0 Å². The first-order chi connectivity index (χ1) is 15.1. The smallest absolute Gasteiger partial charge is 0.340 e. The quantitative estimate of drug-likeness (QED) is 0.531. The van der Waals surface area contributed by atoms with Gasteiger partial charge in [0.05, 0.1) is 5.56 Å². The maximum Gasteiger partial charge on any atom is 0.340 e. The van der Waals surface area contributed by atoms with Gasteiger partial charge in [-0.3, -0.25) is 4.90 Å². The summed E-state index contributed by atoms with van der Waals surface area (Å²) in [6.07, 6.45) is 4.14. The molecule has 2 atom stereocenters. The Bertz CT molecular complexity index is 1230. The lowest BCUT2D eigenvalue weighted by Gasteiger charge is -2.40. The lowest BCUT2D eigenvalue weighted by Crippen LogP contribution is -2.34. The number of nitrogens with zero attached hydrogens (tertiary/aromatic N) is 1. The molecule has 0 radical (unpaired) electrons. The molecule has 2 heterocycles. The van der Waals surface area contributed by atoms with Gasteiger partial charge < -0.3 is 9.52 Å². The molecule has 1 aliphatic heterocycles. The number of aromatic hydroxyl groups is 1. The first-order valence-electron chi connectivity index (χ1n) is 11.7. The molecule has 2 bridgehead atoms. The molecule has 1 aliphatic carbocycles. The Hall–Kier alpha value is -2.59. The van der Waals surface area contributed by atoms with Crippen LogP contribution in [-0.4, -0.2) is 22.6 Å². The molecule has 2 aromatic carbocycles. The minimum absolute atomic E-state index is 0.210. The van der Waals surface area contributed by atoms with Gasteiger partial charge in [0.1, 0.15) is 11.3 Å². The highest BCUT2D eigenvalue weighted by Gasteiger charge is 2.49. The highest BCUT2D eigenvalue weighted by Crippen LogP contribution is 2.53. The summed E-state index contributed by atoms with van der Waals surface area (Å²) >= 11 is 0. The van der Waals surface area contributed by atoms with Crippen molar-refractivity contribution in [2.45, 2.75) is 66.0 Å². The Morgan fingerprint density at radius 2 is 1.81 bits per heavy atom. The molecule has 0 unspecified atom stereocenters. The van der Waals surface area contributed by atoms with E-state index in [0.29, 0.717) is 41.0 Å². The summed E-state index contributed by atoms with van der Waals surface area (Å²) in [5.74, 6) is 0.210. The normalized spacial score (nSPS) is 24.8. The molecule has 1 saturated carbocycles. The molecular weight excluding hydrogens is 398 g/mol. The maximum atomic E-state index is 13.0. The SMILES string of the molecule is Cc1c(Cc2ccccc2)c(=O)oc2c(CN3C[C@@]4(C)C[C@H]3CC(C)(C)C4)c(O)ccc12. The fourth-order valence-electron chi connectivity index (χ4n) is 6.62. The van der Waals surface area contributed by atoms with Crippen LogP contribution in [0.15, 0.2) is 51.7 Å². The number of phenolic OH excluding ortho intramolecular Hbond substituents is 1. The van der Waals surface area contributed by atoms with Crippen molar-refractivity contribution >= 4 is 11.0 Å². The van der Waals surface area contributed by atoms with Crippen LogP contribution < -0.4 is 5.63 Å². The predicted molar refractivity (Wildman–Crippen MR) is 128 cm³/mol. The van der Waals surface area contributed by atoms with Crippen molar-refractivity contribution in [3.8, 4) is 5.75 Å². The van der Waals surface area contributed by atoms with E-state index in [1.165, 1.54) is 12.8 Å². The molecule has 3 aromatic rings.